The quantitative estimate of drug-likeness (QED) is 0.210. The summed E-state index contributed by atoms with van der Waals surface area (Å²) in [7, 11) is 1.60. The van der Waals surface area contributed by atoms with Crippen LogP contribution in [0.2, 0.25) is 0 Å². The number of rotatable bonds is 7. The first-order valence-corrected chi connectivity index (χ1v) is 14.9. The molecule has 232 valence electrons. The third kappa shape index (κ3) is 4.78. The van der Waals surface area contributed by atoms with E-state index in [1.54, 1.807) is 40.0 Å². The highest BCUT2D eigenvalue weighted by atomic mass is 17.3. The minimum Gasteiger partial charge on any atom is -0.461 e. The number of carbonyl (C=O) groups is 1. The van der Waals surface area contributed by atoms with Crippen LogP contribution in [0.3, 0.4) is 0 Å². The Bertz CT molecular complexity index is 1170. The number of benzene rings is 1. The van der Waals surface area contributed by atoms with Crippen LogP contribution < -0.4 is 4.74 Å². The Kier molecular flexibility index (Phi) is 7.71. The molecule has 11 nitrogen and oxygen atoms in total. The van der Waals surface area contributed by atoms with E-state index in [4.69, 9.17) is 28.7 Å². The summed E-state index contributed by atoms with van der Waals surface area (Å²) in [4.78, 5) is 24.4. The zero-order chi connectivity index (χ0) is 30.0. The van der Waals surface area contributed by atoms with Crippen molar-refractivity contribution in [2.45, 2.75) is 101 Å². The van der Waals surface area contributed by atoms with E-state index in [2.05, 4.69) is 0 Å². The maximum absolute atomic E-state index is 12.5. The van der Waals surface area contributed by atoms with E-state index in [0.29, 0.717) is 23.0 Å². The Morgan fingerprint density at radius 2 is 1.67 bits per heavy atom. The van der Waals surface area contributed by atoms with Gasteiger partial charge in [-0.3, -0.25) is 0 Å². The van der Waals surface area contributed by atoms with E-state index in [1.165, 1.54) is 18.6 Å². The Hall–Kier alpha value is -2.09. The fourth-order valence-corrected chi connectivity index (χ4v) is 8.12. The highest BCUT2D eigenvalue weighted by Gasteiger charge is 2.76. The predicted octanol–water partition coefficient (Wildman–Crippen LogP) is 2.18. The minimum absolute atomic E-state index is 0.197. The molecule has 4 saturated carbocycles. The number of hydrogen-bond acceptors (Lipinski definition) is 11. The van der Waals surface area contributed by atoms with Gasteiger partial charge in [0, 0.05) is 24.3 Å². The van der Waals surface area contributed by atoms with Crippen LogP contribution in [0.1, 0.15) is 64.0 Å². The number of aliphatic hydroxyl groups excluding tert-OH is 4. The molecule has 2 saturated heterocycles. The first-order chi connectivity index (χ1) is 19.9. The van der Waals surface area contributed by atoms with Gasteiger partial charge in [0.15, 0.2) is 5.60 Å². The van der Waals surface area contributed by atoms with Gasteiger partial charge in [0.05, 0.1) is 6.61 Å². The van der Waals surface area contributed by atoms with E-state index in [0.717, 1.165) is 25.7 Å². The molecule has 6 atom stereocenters. The molecule has 1 aromatic rings. The normalized spacial score (nSPS) is 42.6. The highest BCUT2D eigenvalue weighted by molar-refractivity contribution is 5.88. The lowest BCUT2D eigenvalue weighted by Gasteiger charge is -2.68. The number of carbonyl (C=O) groups excluding carboxylic acids is 1. The molecule has 11 heteroatoms. The fourth-order valence-electron chi connectivity index (χ4n) is 8.12. The largest absolute Gasteiger partial charge is 0.461 e. The summed E-state index contributed by atoms with van der Waals surface area (Å²) < 4.78 is 23.3. The summed E-state index contributed by atoms with van der Waals surface area (Å²) in [5.41, 5.74) is -0.242. The molecule has 0 aromatic heterocycles. The summed E-state index contributed by atoms with van der Waals surface area (Å²) in [6.45, 7) is 4.71. The third-order valence-electron chi connectivity index (χ3n) is 9.74. The Balaban J connectivity index is 1.36. The van der Waals surface area contributed by atoms with Gasteiger partial charge in [-0.05, 0) is 88.7 Å². The lowest BCUT2D eigenvalue weighted by Crippen LogP contribution is -2.76. The average Bonchev–Trinajstić information content (AvgIpc) is 2.91. The molecule has 4 N–H and O–H groups in total. The van der Waals surface area contributed by atoms with Crippen LogP contribution in [0.15, 0.2) is 24.3 Å². The van der Waals surface area contributed by atoms with Crippen LogP contribution in [0, 0.1) is 23.7 Å². The lowest BCUT2D eigenvalue weighted by atomic mass is 9.47. The monoisotopic (exact) mass is 590 g/mol. The van der Waals surface area contributed by atoms with Crippen LogP contribution in [0.5, 0.6) is 5.75 Å². The predicted molar refractivity (Wildman–Crippen MR) is 146 cm³/mol. The van der Waals surface area contributed by atoms with Crippen molar-refractivity contribution in [1.82, 2.24) is 0 Å². The van der Waals surface area contributed by atoms with Gasteiger partial charge < -0.3 is 39.4 Å². The first kappa shape index (κ1) is 30.0. The van der Waals surface area contributed by atoms with Crippen molar-refractivity contribution in [3.05, 3.63) is 35.4 Å². The van der Waals surface area contributed by atoms with E-state index in [1.807, 2.05) is 6.07 Å². The minimum atomic E-state index is -1.62. The molecule has 1 spiro atoms. The average molecular weight is 591 g/mol. The summed E-state index contributed by atoms with van der Waals surface area (Å²) >= 11 is 0. The zero-order valence-corrected chi connectivity index (χ0v) is 24.5. The molecule has 4 bridgehead atoms. The van der Waals surface area contributed by atoms with Crippen molar-refractivity contribution >= 4 is 12.0 Å². The Morgan fingerprint density at radius 1 is 1.00 bits per heavy atom. The lowest BCUT2D eigenvalue weighted by molar-refractivity contribution is -0.645. The summed E-state index contributed by atoms with van der Waals surface area (Å²) in [5.74, 6) is 0.401. The molecular weight excluding hydrogens is 548 g/mol. The van der Waals surface area contributed by atoms with Gasteiger partial charge in [0.1, 0.15) is 35.8 Å². The number of hydrogen-bond donors (Lipinski definition) is 4. The Labute approximate surface area is 245 Å². The van der Waals surface area contributed by atoms with Crippen molar-refractivity contribution in [2.24, 2.45) is 23.7 Å². The van der Waals surface area contributed by atoms with Crippen molar-refractivity contribution in [3.63, 3.8) is 0 Å². The fraction of sp³-hybridized carbons (Fsp3) is 0.710. The zero-order valence-electron chi connectivity index (χ0n) is 24.5. The molecular formula is C31H42O11. The topological polar surface area (TPSA) is 153 Å². The van der Waals surface area contributed by atoms with Crippen molar-refractivity contribution < 1.29 is 53.9 Å². The molecule has 6 aliphatic rings. The van der Waals surface area contributed by atoms with Gasteiger partial charge in [-0.15, -0.1) is 0 Å². The van der Waals surface area contributed by atoms with E-state index in [9.17, 15) is 25.2 Å². The Morgan fingerprint density at radius 3 is 2.21 bits per heavy atom. The molecule has 0 amide bonds. The van der Waals surface area contributed by atoms with Crippen LogP contribution in [-0.2, 0) is 34.6 Å². The number of ether oxygens (including phenoxy) is 4. The van der Waals surface area contributed by atoms with Gasteiger partial charge in [-0.2, -0.15) is 4.89 Å². The van der Waals surface area contributed by atoms with E-state index >= 15 is 0 Å². The third-order valence-corrected chi connectivity index (χ3v) is 9.74. The van der Waals surface area contributed by atoms with Crippen LogP contribution in [0.25, 0.3) is 6.08 Å². The van der Waals surface area contributed by atoms with Crippen molar-refractivity contribution in [1.29, 1.82) is 0 Å². The number of esters is 1. The molecule has 2 aliphatic heterocycles. The maximum atomic E-state index is 12.5. The SMILES string of the molecule is COC1(c2ccc(/C=C/C(=O)OC(C)(C)C)c(OC3OC(CO)C(O)C(O)C3O)c2)OOC12C1CC3CC(C1)CC2C3. The van der Waals surface area contributed by atoms with Crippen LogP contribution >= 0.6 is 0 Å². The molecule has 2 heterocycles. The summed E-state index contributed by atoms with van der Waals surface area (Å²) in [5, 5.41) is 40.9. The van der Waals surface area contributed by atoms with E-state index < -0.39 is 60.3 Å². The molecule has 0 radical (unpaired) electrons. The second-order valence-corrected chi connectivity index (χ2v) is 13.5. The van der Waals surface area contributed by atoms with Crippen molar-refractivity contribution in [3.8, 4) is 5.75 Å². The van der Waals surface area contributed by atoms with Crippen molar-refractivity contribution in [2.75, 3.05) is 13.7 Å². The smallest absolute Gasteiger partial charge is 0.331 e. The molecule has 4 aliphatic carbocycles. The van der Waals surface area contributed by atoms with Crippen LogP contribution in [-0.4, -0.2) is 82.0 Å². The summed E-state index contributed by atoms with van der Waals surface area (Å²) in [6.07, 6.45) is 0.967. The second kappa shape index (κ2) is 10.8. The van der Waals surface area contributed by atoms with Gasteiger partial charge >= 0.3 is 5.97 Å². The molecule has 1 aromatic carbocycles. The van der Waals surface area contributed by atoms with Crippen LogP contribution in [0.4, 0.5) is 0 Å². The molecule has 6 fully saturated rings. The second-order valence-electron chi connectivity index (χ2n) is 13.5. The number of methoxy groups -OCH3 is 1. The molecule has 6 unspecified atom stereocenters. The number of aliphatic hydroxyl groups is 4. The van der Waals surface area contributed by atoms with Gasteiger partial charge in [0.25, 0.3) is 5.79 Å². The molecule has 7 rings (SSSR count). The summed E-state index contributed by atoms with van der Waals surface area (Å²) in [6, 6.07) is 5.28. The van der Waals surface area contributed by atoms with Gasteiger partial charge in [-0.25, -0.2) is 9.68 Å². The van der Waals surface area contributed by atoms with E-state index in [-0.39, 0.29) is 17.6 Å². The maximum Gasteiger partial charge on any atom is 0.331 e. The highest BCUT2D eigenvalue weighted by Crippen LogP contribution is 2.69. The first-order valence-electron chi connectivity index (χ1n) is 14.9. The standard InChI is InChI=1S/C31H42O11/c1-29(2,3)40-24(33)8-6-18-5-7-19(14-22(18)38-28-27(36)26(35)25(34)23(15-32)39-28)31(37-4)30(41-42-31)20-10-16-9-17(12-20)13-21(30)11-16/h5-8,14,16-17,20-21,23,25-28,32,34-36H,9-13,15H2,1-4H3/b8-6+. The van der Waals surface area contributed by atoms with Gasteiger partial charge in [-0.1, -0.05) is 12.1 Å². The van der Waals surface area contributed by atoms with Gasteiger partial charge in [0.2, 0.25) is 6.29 Å². The molecule has 42 heavy (non-hydrogen) atoms.